The second-order valence-electron chi connectivity index (χ2n) is 6.79. The highest BCUT2D eigenvalue weighted by Crippen LogP contribution is 2.22. The van der Waals surface area contributed by atoms with E-state index in [0.717, 1.165) is 26.2 Å². The molecular formula is C22H27N5O. The molecule has 0 aliphatic carbocycles. The zero-order valence-corrected chi connectivity index (χ0v) is 16.6. The van der Waals surface area contributed by atoms with Crippen LogP contribution in [-0.4, -0.2) is 50.2 Å². The highest BCUT2D eigenvalue weighted by Gasteiger charge is 2.21. The molecule has 146 valence electrons. The van der Waals surface area contributed by atoms with Crippen LogP contribution in [0.1, 0.15) is 19.4 Å². The number of piperazine rings is 1. The monoisotopic (exact) mass is 377 g/mol. The second-order valence-corrected chi connectivity index (χ2v) is 6.79. The molecule has 1 aliphatic heterocycles. The van der Waals surface area contributed by atoms with E-state index < -0.39 is 0 Å². The van der Waals surface area contributed by atoms with Crippen molar-refractivity contribution in [2.45, 2.75) is 13.8 Å². The van der Waals surface area contributed by atoms with Crippen LogP contribution in [0.15, 0.2) is 48.5 Å². The van der Waals surface area contributed by atoms with Crippen LogP contribution in [0.3, 0.4) is 0 Å². The van der Waals surface area contributed by atoms with Crippen molar-refractivity contribution in [2.24, 2.45) is 0 Å². The van der Waals surface area contributed by atoms with Crippen molar-refractivity contribution in [1.82, 2.24) is 4.90 Å². The van der Waals surface area contributed by atoms with Crippen molar-refractivity contribution < 1.29 is 4.79 Å². The van der Waals surface area contributed by atoms with Gasteiger partial charge in [0.05, 0.1) is 11.6 Å². The minimum atomic E-state index is -0.119. The Hall–Kier alpha value is -3.20. The van der Waals surface area contributed by atoms with Crippen molar-refractivity contribution in [3.63, 3.8) is 0 Å². The summed E-state index contributed by atoms with van der Waals surface area (Å²) < 4.78 is 0. The number of rotatable bonds is 5. The summed E-state index contributed by atoms with van der Waals surface area (Å²) in [5, 5.41) is 11.9. The highest BCUT2D eigenvalue weighted by molar-refractivity contribution is 5.89. The minimum absolute atomic E-state index is 0.119. The first-order valence-electron chi connectivity index (χ1n) is 9.80. The molecule has 1 aliphatic rings. The number of anilines is 3. The van der Waals surface area contributed by atoms with Crippen LogP contribution in [0, 0.1) is 11.3 Å². The predicted octanol–water partition coefficient (Wildman–Crippen LogP) is 3.76. The fourth-order valence-corrected chi connectivity index (χ4v) is 3.50. The lowest BCUT2D eigenvalue weighted by Crippen LogP contribution is -2.50. The normalized spacial score (nSPS) is 13.8. The molecule has 0 atom stereocenters. The van der Waals surface area contributed by atoms with E-state index in [4.69, 9.17) is 5.26 Å². The number of carbonyl (C=O) groups is 1. The Labute approximate surface area is 167 Å². The van der Waals surface area contributed by atoms with Crippen LogP contribution >= 0.6 is 0 Å². The quantitative estimate of drug-likeness (QED) is 0.862. The molecule has 0 saturated carbocycles. The summed E-state index contributed by atoms with van der Waals surface area (Å²) in [6.07, 6.45) is 0. The molecular weight excluding hydrogens is 350 g/mol. The molecule has 2 amide bonds. The van der Waals surface area contributed by atoms with E-state index >= 15 is 0 Å². The molecule has 3 rings (SSSR count). The van der Waals surface area contributed by atoms with Crippen LogP contribution < -0.4 is 15.1 Å². The third-order valence-electron chi connectivity index (χ3n) is 5.15. The maximum Gasteiger partial charge on any atom is 0.321 e. The molecule has 2 aromatic rings. The molecule has 1 saturated heterocycles. The number of hydrogen-bond donors (Lipinski definition) is 1. The van der Waals surface area contributed by atoms with E-state index in [-0.39, 0.29) is 6.03 Å². The van der Waals surface area contributed by atoms with Crippen LogP contribution in [-0.2, 0) is 0 Å². The molecule has 2 aromatic carbocycles. The van der Waals surface area contributed by atoms with Crippen molar-refractivity contribution in [2.75, 3.05) is 54.4 Å². The third-order valence-corrected chi connectivity index (χ3v) is 5.15. The molecule has 0 spiro atoms. The first-order chi connectivity index (χ1) is 13.6. The fourth-order valence-electron chi connectivity index (χ4n) is 3.50. The Morgan fingerprint density at radius 2 is 1.75 bits per heavy atom. The molecule has 1 N–H and O–H groups in total. The van der Waals surface area contributed by atoms with E-state index in [9.17, 15) is 4.79 Å². The summed E-state index contributed by atoms with van der Waals surface area (Å²) in [6, 6.07) is 17.6. The highest BCUT2D eigenvalue weighted by atomic mass is 16.2. The summed E-state index contributed by atoms with van der Waals surface area (Å²) in [7, 11) is 0. The number of nitriles is 1. The zero-order chi connectivity index (χ0) is 19.9. The van der Waals surface area contributed by atoms with Gasteiger partial charge in [-0.2, -0.15) is 5.26 Å². The fraction of sp³-hybridized carbons (Fsp3) is 0.364. The predicted molar refractivity (Wildman–Crippen MR) is 114 cm³/mol. The largest absolute Gasteiger partial charge is 0.372 e. The number of nitrogens with zero attached hydrogens (tertiary/aromatic N) is 4. The van der Waals surface area contributed by atoms with Gasteiger partial charge in [-0.3, -0.25) is 0 Å². The van der Waals surface area contributed by atoms with Crippen LogP contribution in [0.4, 0.5) is 21.9 Å². The Morgan fingerprint density at radius 3 is 2.36 bits per heavy atom. The lowest BCUT2D eigenvalue weighted by atomic mass is 10.2. The van der Waals surface area contributed by atoms with E-state index in [0.29, 0.717) is 24.3 Å². The lowest BCUT2D eigenvalue weighted by molar-refractivity contribution is 0.208. The maximum atomic E-state index is 12.5. The zero-order valence-electron chi connectivity index (χ0n) is 16.6. The average Bonchev–Trinajstić information content (AvgIpc) is 2.75. The third kappa shape index (κ3) is 4.55. The van der Waals surface area contributed by atoms with Gasteiger partial charge in [-0.15, -0.1) is 0 Å². The molecule has 0 aromatic heterocycles. The molecule has 0 bridgehead atoms. The van der Waals surface area contributed by atoms with E-state index in [2.05, 4.69) is 59.3 Å². The van der Waals surface area contributed by atoms with Crippen LogP contribution in [0.5, 0.6) is 0 Å². The van der Waals surface area contributed by atoms with E-state index in [1.54, 1.807) is 24.3 Å². The molecule has 28 heavy (non-hydrogen) atoms. The Kier molecular flexibility index (Phi) is 6.38. The Morgan fingerprint density at radius 1 is 1.07 bits per heavy atom. The number of carbonyl (C=O) groups excluding carboxylic acids is 1. The van der Waals surface area contributed by atoms with Gasteiger partial charge in [-0.1, -0.05) is 6.07 Å². The average molecular weight is 377 g/mol. The Bertz CT molecular complexity index is 831. The maximum absolute atomic E-state index is 12.5. The van der Waals surface area contributed by atoms with Crippen molar-refractivity contribution in [1.29, 1.82) is 5.26 Å². The Balaban J connectivity index is 1.55. The van der Waals surface area contributed by atoms with Gasteiger partial charge in [0.2, 0.25) is 0 Å². The van der Waals surface area contributed by atoms with Gasteiger partial charge in [0, 0.05) is 56.3 Å². The van der Waals surface area contributed by atoms with Gasteiger partial charge in [0.25, 0.3) is 0 Å². The minimum Gasteiger partial charge on any atom is -0.372 e. The summed E-state index contributed by atoms with van der Waals surface area (Å²) >= 11 is 0. The number of urea groups is 1. The van der Waals surface area contributed by atoms with Crippen molar-refractivity contribution >= 4 is 23.1 Å². The SMILES string of the molecule is CCN(CC)c1ccc(N2CCN(C(=O)Nc3cccc(C#N)c3)CC2)cc1. The molecule has 6 nitrogen and oxygen atoms in total. The molecule has 1 fully saturated rings. The summed E-state index contributed by atoms with van der Waals surface area (Å²) in [4.78, 5) is 19.0. The standard InChI is InChI=1S/C22H27N5O/c1-3-25(4-2)20-8-10-21(11-9-20)26-12-14-27(15-13-26)22(28)24-19-7-5-6-18(16-19)17-23/h5-11,16H,3-4,12-15H2,1-2H3,(H,24,28). The topological polar surface area (TPSA) is 62.6 Å². The van der Waals surface area contributed by atoms with E-state index in [1.807, 2.05) is 4.90 Å². The van der Waals surface area contributed by atoms with Gasteiger partial charge in [-0.25, -0.2) is 4.79 Å². The molecule has 1 heterocycles. The first kappa shape index (κ1) is 19.6. The number of benzene rings is 2. The summed E-state index contributed by atoms with van der Waals surface area (Å²) in [5.74, 6) is 0. The van der Waals surface area contributed by atoms with Crippen LogP contribution in [0.2, 0.25) is 0 Å². The number of amides is 2. The summed E-state index contributed by atoms with van der Waals surface area (Å²) in [5.41, 5.74) is 3.62. The molecule has 0 unspecified atom stereocenters. The molecule has 0 radical (unpaired) electrons. The van der Waals surface area contributed by atoms with Crippen molar-refractivity contribution in [3.05, 3.63) is 54.1 Å². The van der Waals surface area contributed by atoms with Gasteiger partial charge in [0.15, 0.2) is 0 Å². The van der Waals surface area contributed by atoms with Crippen LogP contribution in [0.25, 0.3) is 0 Å². The first-order valence-corrected chi connectivity index (χ1v) is 9.80. The lowest BCUT2D eigenvalue weighted by Gasteiger charge is -2.36. The van der Waals surface area contributed by atoms with E-state index in [1.165, 1.54) is 11.4 Å². The van der Waals surface area contributed by atoms with Crippen molar-refractivity contribution in [3.8, 4) is 6.07 Å². The summed E-state index contributed by atoms with van der Waals surface area (Å²) in [6.45, 7) is 9.27. The number of hydrogen-bond acceptors (Lipinski definition) is 4. The smallest absolute Gasteiger partial charge is 0.321 e. The van der Waals surface area contributed by atoms with Gasteiger partial charge < -0.3 is 20.0 Å². The number of nitrogens with one attached hydrogen (secondary N) is 1. The van der Waals surface area contributed by atoms with Gasteiger partial charge >= 0.3 is 6.03 Å². The second kappa shape index (κ2) is 9.14. The van der Waals surface area contributed by atoms with Gasteiger partial charge in [0.1, 0.15) is 0 Å². The molecule has 6 heteroatoms. The van der Waals surface area contributed by atoms with Gasteiger partial charge in [-0.05, 0) is 56.3 Å².